The van der Waals surface area contributed by atoms with Crippen LogP contribution in [0.15, 0.2) is 0 Å². The average Bonchev–Trinajstić information content (AvgIpc) is 2.71. The Bertz CT molecular complexity index is 410. The summed E-state index contributed by atoms with van der Waals surface area (Å²) in [5.41, 5.74) is 4.59. The first kappa shape index (κ1) is 16.3. The van der Waals surface area contributed by atoms with Crippen LogP contribution in [0.4, 0.5) is 4.79 Å². The summed E-state index contributed by atoms with van der Waals surface area (Å²) < 4.78 is 0. The molecule has 1 fully saturated rings. The van der Waals surface area contributed by atoms with E-state index in [9.17, 15) is 14.4 Å². The maximum absolute atomic E-state index is 12.1. The van der Waals surface area contributed by atoms with Gasteiger partial charge >= 0.3 is 12.0 Å². The Balaban J connectivity index is 2.63. The van der Waals surface area contributed by atoms with Crippen LogP contribution in [0.1, 0.15) is 33.6 Å². The molecule has 0 aromatic carbocycles. The zero-order valence-electron chi connectivity index (χ0n) is 12.2. The number of carboxylic acids is 1. The lowest BCUT2D eigenvalue weighted by atomic mass is 9.89. The van der Waals surface area contributed by atoms with E-state index >= 15 is 0 Å². The third kappa shape index (κ3) is 3.85. The minimum Gasteiger partial charge on any atom is -0.480 e. The SMILES string of the molecule is CC(C)C[C@@H](NC(=O)N1CCC(C)(C(N)=O)C1)C(=O)O. The summed E-state index contributed by atoms with van der Waals surface area (Å²) in [7, 11) is 0. The molecular formula is C13H23N3O4. The number of aliphatic carboxylic acids is 1. The highest BCUT2D eigenvalue weighted by molar-refractivity contribution is 5.85. The van der Waals surface area contributed by atoms with E-state index in [2.05, 4.69) is 5.32 Å². The summed E-state index contributed by atoms with van der Waals surface area (Å²) in [6.45, 7) is 6.12. The number of rotatable bonds is 5. The van der Waals surface area contributed by atoms with Crippen LogP contribution in [0.25, 0.3) is 0 Å². The van der Waals surface area contributed by atoms with E-state index in [-0.39, 0.29) is 12.5 Å². The van der Waals surface area contributed by atoms with Gasteiger partial charge < -0.3 is 21.1 Å². The molecule has 0 saturated carbocycles. The number of nitrogens with zero attached hydrogens (tertiary/aromatic N) is 1. The lowest BCUT2D eigenvalue weighted by molar-refractivity contribution is -0.139. The van der Waals surface area contributed by atoms with Gasteiger partial charge in [-0.25, -0.2) is 9.59 Å². The molecule has 20 heavy (non-hydrogen) atoms. The highest BCUT2D eigenvalue weighted by atomic mass is 16.4. The number of carbonyl (C=O) groups is 3. The number of urea groups is 1. The maximum atomic E-state index is 12.1. The van der Waals surface area contributed by atoms with Gasteiger partial charge in [0.05, 0.1) is 5.41 Å². The van der Waals surface area contributed by atoms with Crippen molar-refractivity contribution in [3.05, 3.63) is 0 Å². The van der Waals surface area contributed by atoms with E-state index in [0.717, 1.165) is 0 Å². The van der Waals surface area contributed by atoms with Crippen molar-refractivity contribution in [3.63, 3.8) is 0 Å². The van der Waals surface area contributed by atoms with Crippen molar-refractivity contribution in [3.8, 4) is 0 Å². The second-order valence-corrected chi connectivity index (χ2v) is 6.07. The number of primary amides is 1. The first-order chi connectivity index (χ1) is 9.15. The third-order valence-electron chi connectivity index (χ3n) is 3.66. The molecule has 1 rings (SSSR count). The van der Waals surface area contributed by atoms with Crippen molar-refractivity contribution in [2.45, 2.75) is 39.7 Å². The van der Waals surface area contributed by atoms with E-state index in [1.54, 1.807) is 6.92 Å². The van der Waals surface area contributed by atoms with Crippen LogP contribution >= 0.6 is 0 Å². The Kier molecular flexibility index (Phi) is 4.97. The first-order valence-corrected chi connectivity index (χ1v) is 6.74. The number of carboxylic acid groups (broad SMARTS) is 1. The number of nitrogens with two attached hydrogens (primary N) is 1. The minimum absolute atomic E-state index is 0.158. The number of nitrogens with one attached hydrogen (secondary N) is 1. The number of hydrogen-bond donors (Lipinski definition) is 3. The van der Waals surface area contributed by atoms with Crippen LogP contribution < -0.4 is 11.1 Å². The molecular weight excluding hydrogens is 262 g/mol. The molecule has 1 aliphatic heterocycles. The van der Waals surface area contributed by atoms with Gasteiger partial charge in [-0.05, 0) is 25.7 Å². The quantitative estimate of drug-likeness (QED) is 0.678. The van der Waals surface area contributed by atoms with Gasteiger partial charge in [0.2, 0.25) is 5.91 Å². The zero-order chi connectivity index (χ0) is 15.5. The van der Waals surface area contributed by atoms with Crippen molar-refractivity contribution in [1.29, 1.82) is 0 Å². The van der Waals surface area contributed by atoms with Crippen molar-refractivity contribution < 1.29 is 19.5 Å². The summed E-state index contributed by atoms with van der Waals surface area (Å²) in [6, 6.07) is -1.37. The molecule has 1 heterocycles. The fraction of sp³-hybridized carbons (Fsp3) is 0.769. The highest BCUT2D eigenvalue weighted by Gasteiger charge is 2.41. The Morgan fingerprint density at radius 2 is 2.00 bits per heavy atom. The van der Waals surface area contributed by atoms with Gasteiger partial charge in [0.25, 0.3) is 0 Å². The van der Waals surface area contributed by atoms with Crippen LogP contribution in [-0.4, -0.2) is 47.0 Å². The summed E-state index contributed by atoms with van der Waals surface area (Å²) in [5.74, 6) is -1.33. The zero-order valence-corrected chi connectivity index (χ0v) is 12.2. The van der Waals surface area contributed by atoms with Crippen LogP contribution in [-0.2, 0) is 9.59 Å². The molecule has 1 unspecified atom stereocenters. The van der Waals surface area contributed by atoms with Gasteiger partial charge in [-0.15, -0.1) is 0 Å². The maximum Gasteiger partial charge on any atom is 0.326 e. The summed E-state index contributed by atoms with van der Waals surface area (Å²) in [5, 5.41) is 11.6. The largest absolute Gasteiger partial charge is 0.480 e. The predicted molar refractivity (Wildman–Crippen MR) is 72.9 cm³/mol. The molecule has 0 aliphatic carbocycles. The highest BCUT2D eigenvalue weighted by Crippen LogP contribution is 2.29. The number of hydrogen-bond acceptors (Lipinski definition) is 3. The van der Waals surface area contributed by atoms with Gasteiger partial charge in [-0.3, -0.25) is 4.79 Å². The molecule has 0 aromatic rings. The van der Waals surface area contributed by atoms with Crippen LogP contribution in [0.3, 0.4) is 0 Å². The average molecular weight is 285 g/mol. The van der Waals surface area contributed by atoms with Crippen molar-refractivity contribution >= 4 is 17.9 Å². The molecule has 0 aromatic heterocycles. The molecule has 114 valence electrons. The monoisotopic (exact) mass is 285 g/mol. The summed E-state index contributed by atoms with van der Waals surface area (Å²) in [6.07, 6.45) is 0.861. The normalized spacial score (nSPS) is 23.7. The van der Waals surface area contributed by atoms with E-state index in [1.165, 1.54) is 4.90 Å². The van der Waals surface area contributed by atoms with Crippen LogP contribution in [0, 0.1) is 11.3 Å². The lowest BCUT2D eigenvalue weighted by Crippen LogP contribution is -2.48. The second kappa shape index (κ2) is 6.11. The molecule has 1 aliphatic rings. The first-order valence-electron chi connectivity index (χ1n) is 6.74. The lowest BCUT2D eigenvalue weighted by Gasteiger charge is -2.24. The third-order valence-corrected chi connectivity index (χ3v) is 3.66. The Morgan fingerprint density at radius 1 is 1.40 bits per heavy atom. The Morgan fingerprint density at radius 3 is 2.40 bits per heavy atom. The van der Waals surface area contributed by atoms with E-state index in [4.69, 9.17) is 10.8 Å². The molecule has 3 amide bonds. The Labute approximate surface area is 118 Å². The number of likely N-dealkylation sites (tertiary alicyclic amines) is 1. The molecule has 0 radical (unpaired) electrons. The molecule has 0 bridgehead atoms. The molecule has 2 atom stereocenters. The van der Waals surface area contributed by atoms with E-state index < -0.39 is 29.4 Å². The standard InChI is InChI=1S/C13H23N3O4/c1-8(2)6-9(10(17)18)15-12(20)16-5-4-13(3,7-16)11(14)19/h8-9H,4-7H2,1-3H3,(H2,14,19)(H,15,20)(H,17,18)/t9-,13?/m1/s1. The predicted octanol–water partition coefficient (Wildman–Crippen LogP) is 0.393. The number of carbonyl (C=O) groups excluding carboxylic acids is 2. The second-order valence-electron chi connectivity index (χ2n) is 6.07. The summed E-state index contributed by atoms with van der Waals surface area (Å²) in [4.78, 5) is 35.9. The summed E-state index contributed by atoms with van der Waals surface area (Å²) >= 11 is 0. The molecule has 7 nitrogen and oxygen atoms in total. The minimum atomic E-state index is -1.05. The molecule has 7 heteroatoms. The van der Waals surface area contributed by atoms with Crippen molar-refractivity contribution in [1.82, 2.24) is 10.2 Å². The topological polar surface area (TPSA) is 113 Å². The van der Waals surface area contributed by atoms with Crippen molar-refractivity contribution in [2.75, 3.05) is 13.1 Å². The van der Waals surface area contributed by atoms with E-state index in [0.29, 0.717) is 19.4 Å². The van der Waals surface area contributed by atoms with Gasteiger partial charge in [0.15, 0.2) is 0 Å². The van der Waals surface area contributed by atoms with Gasteiger partial charge in [-0.1, -0.05) is 13.8 Å². The van der Waals surface area contributed by atoms with Crippen molar-refractivity contribution in [2.24, 2.45) is 17.1 Å². The smallest absolute Gasteiger partial charge is 0.326 e. The molecule has 1 saturated heterocycles. The Hall–Kier alpha value is -1.79. The van der Waals surface area contributed by atoms with Gasteiger partial charge in [-0.2, -0.15) is 0 Å². The number of amides is 3. The van der Waals surface area contributed by atoms with Crippen LogP contribution in [0.2, 0.25) is 0 Å². The fourth-order valence-corrected chi connectivity index (χ4v) is 2.27. The molecule has 0 spiro atoms. The van der Waals surface area contributed by atoms with Gasteiger partial charge in [0, 0.05) is 13.1 Å². The van der Waals surface area contributed by atoms with E-state index in [1.807, 2.05) is 13.8 Å². The molecule has 4 N–H and O–H groups in total. The fourth-order valence-electron chi connectivity index (χ4n) is 2.27. The van der Waals surface area contributed by atoms with Crippen LogP contribution in [0.5, 0.6) is 0 Å². The van der Waals surface area contributed by atoms with Gasteiger partial charge in [0.1, 0.15) is 6.04 Å².